The molecule has 1 unspecified atom stereocenters. The van der Waals surface area contributed by atoms with Crippen molar-refractivity contribution in [1.29, 1.82) is 0 Å². The number of benzene rings is 5. The van der Waals surface area contributed by atoms with Crippen molar-refractivity contribution in [2.75, 3.05) is 4.90 Å². The van der Waals surface area contributed by atoms with Crippen LogP contribution in [-0.2, 0) is 0 Å². The molecular formula is C34H25N5. The van der Waals surface area contributed by atoms with E-state index in [1.807, 2.05) is 6.07 Å². The summed E-state index contributed by atoms with van der Waals surface area (Å²) in [5.74, 6) is 0.850. The van der Waals surface area contributed by atoms with Crippen molar-refractivity contribution in [1.82, 2.24) is 14.6 Å². The number of nitrogens with zero attached hydrogens (tertiary/aromatic N) is 4. The molecule has 0 aliphatic carbocycles. The van der Waals surface area contributed by atoms with Crippen LogP contribution >= 0.6 is 0 Å². The molecule has 5 heteroatoms. The van der Waals surface area contributed by atoms with Crippen molar-refractivity contribution in [3.8, 4) is 5.69 Å². The van der Waals surface area contributed by atoms with Crippen LogP contribution < -0.4 is 10.3 Å². The number of aromatic nitrogens is 2. The van der Waals surface area contributed by atoms with Crippen molar-refractivity contribution in [2.45, 2.75) is 6.17 Å². The Labute approximate surface area is 225 Å². The minimum atomic E-state index is -0.122. The third-order valence-corrected chi connectivity index (χ3v) is 7.65. The molecule has 1 aliphatic heterocycles. The van der Waals surface area contributed by atoms with Crippen LogP contribution in [0, 0.1) is 0 Å². The topological polar surface area (TPSA) is 37.5 Å². The molecule has 0 saturated carbocycles. The molecule has 0 fully saturated rings. The highest BCUT2D eigenvalue weighted by atomic mass is 15.6. The Morgan fingerprint density at radius 2 is 1.15 bits per heavy atom. The molecule has 1 atom stereocenters. The minimum absolute atomic E-state index is 0.122. The maximum atomic E-state index is 4.98. The predicted octanol–water partition coefficient (Wildman–Crippen LogP) is 7.67. The summed E-state index contributed by atoms with van der Waals surface area (Å²) in [7, 11) is 0. The van der Waals surface area contributed by atoms with Crippen LogP contribution in [-0.4, -0.2) is 15.1 Å². The van der Waals surface area contributed by atoms with Gasteiger partial charge in [0.05, 0.1) is 16.6 Å². The molecule has 0 amide bonds. The Morgan fingerprint density at radius 3 is 1.92 bits per heavy atom. The van der Waals surface area contributed by atoms with E-state index in [1.54, 1.807) is 0 Å². The van der Waals surface area contributed by atoms with E-state index in [1.165, 1.54) is 21.7 Å². The maximum absolute atomic E-state index is 4.98. The second kappa shape index (κ2) is 8.64. The normalized spacial score (nSPS) is 15.2. The number of nitrogens with one attached hydrogen (secondary N) is 1. The first-order valence-corrected chi connectivity index (χ1v) is 13.2. The number of hydrogen-bond donors (Lipinski definition) is 1. The maximum Gasteiger partial charge on any atom is 0.234 e. The van der Waals surface area contributed by atoms with Crippen LogP contribution in [0.3, 0.4) is 0 Å². The lowest BCUT2D eigenvalue weighted by molar-refractivity contribution is 0.616. The average molecular weight is 504 g/mol. The van der Waals surface area contributed by atoms with Gasteiger partial charge in [-0.1, -0.05) is 84.9 Å². The van der Waals surface area contributed by atoms with Gasteiger partial charge < -0.3 is 4.57 Å². The first-order valence-electron chi connectivity index (χ1n) is 13.2. The Bertz CT molecular complexity index is 1990. The van der Waals surface area contributed by atoms with Crippen LogP contribution in [0.4, 0.5) is 5.69 Å². The van der Waals surface area contributed by atoms with Gasteiger partial charge in [0, 0.05) is 33.7 Å². The summed E-state index contributed by atoms with van der Waals surface area (Å²) in [6.07, 6.45) is 2.05. The SMILES string of the molecule is c1ccc(C2NN=C(n3c4ccccc4c4c5ccn(-c6ccccc6)c5ccc43)N2c2ccccc2)cc1. The molecule has 0 bridgehead atoms. The van der Waals surface area contributed by atoms with Gasteiger partial charge in [0.25, 0.3) is 0 Å². The van der Waals surface area contributed by atoms with Gasteiger partial charge in [0.2, 0.25) is 5.96 Å². The smallest absolute Gasteiger partial charge is 0.234 e. The van der Waals surface area contributed by atoms with Crippen LogP contribution in [0.5, 0.6) is 0 Å². The molecule has 5 aromatic carbocycles. The predicted molar refractivity (Wildman–Crippen MR) is 160 cm³/mol. The van der Waals surface area contributed by atoms with Crippen molar-refractivity contribution in [3.05, 3.63) is 145 Å². The fraction of sp³-hybridized carbons (Fsp3) is 0.0294. The highest BCUT2D eigenvalue weighted by Crippen LogP contribution is 2.38. The number of hydrogen-bond acceptors (Lipinski definition) is 3. The third-order valence-electron chi connectivity index (χ3n) is 7.65. The summed E-state index contributed by atoms with van der Waals surface area (Å²) < 4.78 is 4.56. The molecule has 39 heavy (non-hydrogen) atoms. The Morgan fingerprint density at radius 1 is 0.538 bits per heavy atom. The second-order valence-corrected chi connectivity index (χ2v) is 9.83. The molecule has 186 valence electrons. The number of hydrazone groups is 1. The van der Waals surface area contributed by atoms with E-state index in [0.29, 0.717) is 0 Å². The van der Waals surface area contributed by atoms with E-state index in [2.05, 4.69) is 153 Å². The van der Waals surface area contributed by atoms with Crippen LogP contribution in [0.2, 0.25) is 0 Å². The fourth-order valence-corrected chi connectivity index (χ4v) is 5.93. The summed E-state index contributed by atoms with van der Waals surface area (Å²) in [5, 5.41) is 8.65. The van der Waals surface area contributed by atoms with Gasteiger partial charge in [-0.05, 0) is 54.1 Å². The average Bonchev–Trinajstić information content (AvgIpc) is 3.72. The van der Waals surface area contributed by atoms with Crippen molar-refractivity contribution in [2.24, 2.45) is 5.10 Å². The van der Waals surface area contributed by atoms with Crippen LogP contribution in [0.1, 0.15) is 11.7 Å². The molecule has 2 aromatic heterocycles. The first-order chi connectivity index (χ1) is 19.4. The van der Waals surface area contributed by atoms with E-state index >= 15 is 0 Å². The van der Waals surface area contributed by atoms with E-state index < -0.39 is 0 Å². The van der Waals surface area contributed by atoms with E-state index in [0.717, 1.165) is 33.9 Å². The third kappa shape index (κ3) is 3.30. The Balaban J connectivity index is 1.38. The minimum Gasteiger partial charge on any atom is -0.317 e. The van der Waals surface area contributed by atoms with E-state index in [-0.39, 0.29) is 6.17 Å². The summed E-state index contributed by atoms with van der Waals surface area (Å²) in [6.45, 7) is 0. The zero-order valence-corrected chi connectivity index (χ0v) is 21.1. The molecular weight excluding hydrogens is 478 g/mol. The van der Waals surface area contributed by atoms with E-state index in [4.69, 9.17) is 5.10 Å². The van der Waals surface area contributed by atoms with Crippen molar-refractivity contribution < 1.29 is 0 Å². The number of fused-ring (bicyclic) bond motifs is 5. The second-order valence-electron chi connectivity index (χ2n) is 9.83. The quantitative estimate of drug-likeness (QED) is 0.269. The fourth-order valence-electron chi connectivity index (χ4n) is 5.93. The van der Waals surface area contributed by atoms with Gasteiger partial charge in [0.15, 0.2) is 0 Å². The molecule has 8 rings (SSSR count). The summed E-state index contributed by atoms with van der Waals surface area (Å²) in [6, 6.07) is 46.8. The molecule has 5 nitrogen and oxygen atoms in total. The number of para-hydroxylation sites is 3. The molecule has 0 spiro atoms. The summed E-state index contributed by atoms with van der Waals surface area (Å²) >= 11 is 0. The summed E-state index contributed by atoms with van der Waals surface area (Å²) in [4.78, 5) is 2.29. The van der Waals surface area contributed by atoms with Crippen LogP contribution in [0.25, 0.3) is 38.4 Å². The highest BCUT2D eigenvalue weighted by molar-refractivity contribution is 6.24. The Kier molecular flexibility index (Phi) is 4.82. The van der Waals surface area contributed by atoms with E-state index in [9.17, 15) is 0 Å². The monoisotopic (exact) mass is 503 g/mol. The van der Waals surface area contributed by atoms with Gasteiger partial charge in [-0.2, -0.15) is 0 Å². The first kappa shape index (κ1) is 21.8. The van der Waals surface area contributed by atoms with Gasteiger partial charge in [-0.15, -0.1) is 5.10 Å². The lowest BCUT2D eigenvalue weighted by Crippen LogP contribution is -2.36. The van der Waals surface area contributed by atoms with Crippen LogP contribution in [0.15, 0.2) is 145 Å². The lowest BCUT2D eigenvalue weighted by Gasteiger charge is -2.28. The summed E-state index contributed by atoms with van der Waals surface area (Å²) in [5.41, 5.74) is 10.3. The Hall–Kier alpha value is -5.29. The zero-order chi connectivity index (χ0) is 25.8. The molecule has 7 aromatic rings. The van der Waals surface area contributed by atoms with Gasteiger partial charge >= 0.3 is 0 Å². The standard InChI is InChI=1S/C34H25N5/c1-4-12-24(13-5-1)33-35-36-34(38(33)26-16-8-3-9-17-26)39-30-19-11-10-18-27(30)32-28-22-23-37(25-14-6-2-7-15-25)29(28)20-21-31(32)39/h1-23,33,35H. The molecule has 3 heterocycles. The lowest BCUT2D eigenvalue weighted by atomic mass is 10.1. The van der Waals surface area contributed by atoms with Crippen molar-refractivity contribution in [3.63, 3.8) is 0 Å². The molecule has 1 aliphatic rings. The molecule has 1 N–H and O–H groups in total. The molecule has 0 radical (unpaired) electrons. The molecule has 0 saturated heterocycles. The number of anilines is 1. The highest BCUT2D eigenvalue weighted by Gasteiger charge is 2.33. The van der Waals surface area contributed by atoms with Gasteiger partial charge in [-0.25, -0.2) is 0 Å². The van der Waals surface area contributed by atoms with Gasteiger partial charge in [-0.3, -0.25) is 14.9 Å². The van der Waals surface area contributed by atoms with Gasteiger partial charge in [0.1, 0.15) is 6.17 Å². The zero-order valence-electron chi connectivity index (χ0n) is 21.1. The number of rotatable bonds is 3. The van der Waals surface area contributed by atoms with Crippen molar-refractivity contribution >= 4 is 44.4 Å². The largest absolute Gasteiger partial charge is 0.317 e.